The summed E-state index contributed by atoms with van der Waals surface area (Å²) in [6.45, 7) is 4.98. The molecule has 9 nitrogen and oxygen atoms in total. The van der Waals surface area contributed by atoms with Crippen molar-refractivity contribution in [2.45, 2.75) is 31.7 Å². The number of carbonyl (C=O) groups is 3. The quantitative estimate of drug-likeness (QED) is 0.500. The third-order valence-electron chi connectivity index (χ3n) is 6.87. The molecule has 1 aromatic carbocycles. The molecule has 186 valence electrons. The number of piperazine rings is 1. The van der Waals surface area contributed by atoms with Crippen LogP contribution in [0.4, 0.5) is 20.2 Å². The van der Waals surface area contributed by atoms with Gasteiger partial charge in [0, 0.05) is 44.8 Å². The van der Waals surface area contributed by atoms with Crippen LogP contribution >= 0.6 is 0 Å². The Morgan fingerprint density at radius 3 is 2.24 bits per heavy atom. The van der Waals surface area contributed by atoms with Crippen molar-refractivity contribution in [3.05, 3.63) is 23.8 Å². The van der Waals surface area contributed by atoms with E-state index in [2.05, 4.69) is 15.5 Å². The van der Waals surface area contributed by atoms with Gasteiger partial charge in [0.05, 0.1) is 6.54 Å². The van der Waals surface area contributed by atoms with Gasteiger partial charge in [0.1, 0.15) is 11.7 Å². The number of halogens is 2. The number of benzene rings is 1. The van der Waals surface area contributed by atoms with E-state index in [0.29, 0.717) is 32.1 Å². The van der Waals surface area contributed by atoms with Crippen LogP contribution in [0.1, 0.15) is 25.7 Å². The largest absolute Gasteiger partial charge is 0.480 e. The van der Waals surface area contributed by atoms with Crippen molar-refractivity contribution in [3.63, 3.8) is 0 Å². The predicted octanol–water partition coefficient (Wildman–Crippen LogP) is 1.10. The molecule has 2 amide bonds. The van der Waals surface area contributed by atoms with Crippen LogP contribution in [0, 0.1) is 17.6 Å². The maximum atomic E-state index is 14.9. The van der Waals surface area contributed by atoms with Gasteiger partial charge in [0.2, 0.25) is 11.8 Å². The van der Waals surface area contributed by atoms with Crippen LogP contribution in [0.5, 0.6) is 0 Å². The van der Waals surface area contributed by atoms with E-state index in [-0.39, 0.29) is 36.7 Å². The van der Waals surface area contributed by atoms with Crippen molar-refractivity contribution in [2.24, 2.45) is 5.92 Å². The smallest absolute Gasteiger partial charge is 0.317 e. The molecule has 3 aliphatic heterocycles. The van der Waals surface area contributed by atoms with E-state index in [9.17, 15) is 23.2 Å². The number of hydrogen-bond acceptors (Lipinski definition) is 7. The Labute approximate surface area is 197 Å². The first-order valence-corrected chi connectivity index (χ1v) is 11.8. The van der Waals surface area contributed by atoms with Crippen LogP contribution in [0.3, 0.4) is 0 Å². The molecular formula is C23H31F2N5O4. The Morgan fingerprint density at radius 2 is 1.65 bits per heavy atom. The molecule has 0 saturated carbocycles. The number of nitrogens with one attached hydrogen (secondary N) is 2. The molecule has 3 aliphatic rings. The number of nitrogens with zero attached hydrogens (tertiary/aromatic N) is 3. The number of hydrogen-bond donors (Lipinski definition) is 3. The molecule has 3 heterocycles. The zero-order valence-electron chi connectivity index (χ0n) is 19.1. The van der Waals surface area contributed by atoms with Gasteiger partial charge in [-0.25, -0.2) is 8.78 Å². The number of anilines is 2. The SMILES string of the molecule is O=C(O)CN1CCC(CN2CCN(c3c(F)cc(NC4CCC(=O)NC4=O)cc3F)CC2)CC1. The number of imide groups is 1. The highest BCUT2D eigenvalue weighted by Gasteiger charge is 2.29. The zero-order chi connectivity index (χ0) is 24.2. The van der Waals surface area contributed by atoms with E-state index in [4.69, 9.17) is 5.11 Å². The van der Waals surface area contributed by atoms with Crippen molar-refractivity contribution in [1.82, 2.24) is 15.1 Å². The van der Waals surface area contributed by atoms with Gasteiger partial charge in [0.25, 0.3) is 0 Å². The van der Waals surface area contributed by atoms with Crippen LogP contribution in [0.2, 0.25) is 0 Å². The molecule has 0 aromatic heterocycles. The van der Waals surface area contributed by atoms with E-state index in [1.807, 2.05) is 4.90 Å². The summed E-state index contributed by atoms with van der Waals surface area (Å²) >= 11 is 0. The van der Waals surface area contributed by atoms with Gasteiger partial charge in [-0.15, -0.1) is 0 Å². The zero-order valence-corrected chi connectivity index (χ0v) is 19.1. The second-order valence-electron chi connectivity index (χ2n) is 9.34. The molecule has 0 radical (unpaired) electrons. The van der Waals surface area contributed by atoms with E-state index in [1.165, 1.54) is 12.1 Å². The first-order chi connectivity index (χ1) is 16.3. The second-order valence-corrected chi connectivity index (χ2v) is 9.34. The third kappa shape index (κ3) is 6.01. The minimum Gasteiger partial charge on any atom is -0.480 e. The molecule has 3 fully saturated rings. The Balaban J connectivity index is 1.28. The highest BCUT2D eigenvalue weighted by atomic mass is 19.1. The average molecular weight is 480 g/mol. The Morgan fingerprint density at radius 1 is 1.00 bits per heavy atom. The second kappa shape index (κ2) is 10.6. The predicted molar refractivity (Wildman–Crippen MR) is 122 cm³/mol. The van der Waals surface area contributed by atoms with Gasteiger partial charge in [-0.2, -0.15) is 0 Å². The van der Waals surface area contributed by atoms with Crippen LogP contribution in [-0.2, 0) is 14.4 Å². The van der Waals surface area contributed by atoms with E-state index in [1.54, 1.807) is 4.90 Å². The van der Waals surface area contributed by atoms with Gasteiger partial charge in [-0.1, -0.05) is 0 Å². The maximum Gasteiger partial charge on any atom is 0.317 e. The van der Waals surface area contributed by atoms with Crippen molar-refractivity contribution >= 4 is 29.2 Å². The lowest BCUT2D eigenvalue weighted by Gasteiger charge is -2.39. The number of amides is 2. The molecular weight excluding hydrogens is 448 g/mol. The number of likely N-dealkylation sites (tertiary alicyclic amines) is 1. The van der Waals surface area contributed by atoms with Gasteiger partial charge < -0.3 is 15.3 Å². The standard InChI is InChI=1S/C23H31F2N5O4/c24-17-11-16(26-19-1-2-20(31)27-23(19)34)12-18(25)22(17)30-9-7-29(8-10-30)13-15-3-5-28(6-4-15)14-21(32)33/h11-12,15,19,26H,1-10,13-14H2,(H,32,33)(H,27,31,34). The lowest BCUT2D eigenvalue weighted by atomic mass is 9.96. The Kier molecular flexibility index (Phi) is 7.62. The summed E-state index contributed by atoms with van der Waals surface area (Å²) in [6, 6.07) is 1.68. The van der Waals surface area contributed by atoms with Crippen LogP contribution in [0.25, 0.3) is 0 Å². The Hall–Kier alpha value is -2.79. The molecule has 11 heteroatoms. The number of rotatable bonds is 7. The summed E-state index contributed by atoms with van der Waals surface area (Å²) in [5.74, 6) is -2.51. The van der Waals surface area contributed by atoms with Crippen molar-refractivity contribution < 1.29 is 28.3 Å². The summed E-state index contributed by atoms with van der Waals surface area (Å²) < 4.78 is 29.7. The first-order valence-electron chi connectivity index (χ1n) is 11.8. The van der Waals surface area contributed by atoms with Crippen LogP contribution < -0.4 is 15.5 Å². The van der Waals surface area contributed by atoms with Crippen molar-refractivity contribution in [1.29, 1.82) is 0 Å². The third-order valence-corrected chi connectivity index (χ3v) is 6.87. The number of piperidine rings is 2. The highest BCUT2D eigenvalue weighted by molar-refractivity contribution is 6.01. The van der Waals surface area contributed by atoms with Crippen LogP contribution in [0.15, 0.2) is 12.1 Å². The number of carboxylic acid groups (broad SMARTS) is 1. The van der Waals surface area contributed by atoms with Crippen molar-refractivity contribution in [3.8, 4) is 0 Å². The summed E-state index contributed by atoms with van der Waals surface area (Å²) in [5, 5.41) is 14.0. The molecule has 1 unspecified atom stereocenters. The fraction of sp³-hybridized carbons (Fsp3) is 0.609. The Bertz CT molecular complexity index is 907. The lowest BCUT2D eigenvalue weighted by molar-refractivity contribution is -0.139. The van der Waals surface area contributed by atoms with E-state index in [0.717, 1.165) is 32.5 Å². The monoisotopic (exact) mass is 479 g/mol. The number of aliphatic carboxylic acids is 1. The number of carboxylic acids is 1. The fourth-order valence-electron chi connectivity index (χ4n) is 5.02. The summed E-state index contributed by atoms with van der Waals surface area (Å²) in [4.78, 5) is 40.0. The summed E-state index contributed by atoms with van der Waals surface area (Å²) in [7, 11) is 0. The molecule has 34 heavy (non-hydrogen) atoms. The molecule has 3 saturated heterocycles. The maximum absolute atomic E-state index is 14.9. The van der Waals surface area contributed by atoms with Gasteiger partial charge in [-0.3, -0.25) is 29.5 Å². The van der Waals surface area contributed by atoms with Gasteiger partial charge in [0.15, 0.2) is 11.6 Å². The molecule has 0 bridgehead atoms. The molecule has 1 aromatic rings. The summed E-state index contributed by atoms with van der Waals surface area (Å²) in [5.41, 5.74) is 0.108. The minimum absolute atomic E-state index is 0.0598. The normalized spacial score (nSPS) is 23.1. The molecule has 1 atom stereocenters. The fourth-order valence-corrected chi connectivity index (χ4v) is 5.02. The van der Waals surface area contributed by atoms with Crippen LogP contribution in [-0.4, -0.2) is 91.1 Å². The highest BCUT2D eigenvalue weighted by Crippen LogP contribution is 2.29. The van der Waals surface area contributed by atoms with Gasteiger partial charge in [-0.05, 0) is 50.4 Å². The van der Waals surface area contributed by atoms with E-state index >= 15 is 0 Å². The summed E-state index contributed by atoms with van der Waals surface area (Å²) in [6.07, 6.45) is 2.37. The molecule has 0 spiro atoms. The van der Waals surface area contributed by atoms with Gasteiger partial charge >= 0.3 is 5.97 Å². The number of carbonyl (C=O) groups excluding carboxylic acids is 2. The molecule has 3 N–H and O–H groups in total. The first kappa shape index (κ1) is 24.3. The average Bonchev–Trinajstić information content (AvgIpc) is 2.77. The van der Waals surface area contributed by atoms with Crippen molar-refractivity contribution in [2.75, 3.05) is 62.6 Å². The van der Waals surface area contributed by atoms with E-state index < -0.39 is 29.6 Å². The lowest BCUT2D eigenvalue weighted by Crippen LogP contribution is -2.49. The topological polar surface area (TPSA) is 105 Å². The molecule has 0 aliphatic carbocycles. The minimum atomic E-state index is -0.797. The molecule has 4 rings (SSSR count).